The summed E-state index contributed by atoms with van der Waals surface area (Å²) in [5, 5.41) is 8.55. The van der Waals surface area contributed by atoms with Crippen LogP contribution in [0.15, 0.2) is 18.2 Å². The molecule has 0 unspecified atom stereocenters. The van der Waals surface area contributed by atoms with Crippen molar-refractivity contribution in [3.8, 4) is 17.2 Å². The molecule has 0 aliphatic carbocycles. The lowest BCUT2D eigenvalue weighted by atomic mass is 9.97. The highest BCUT2D eigenvalue weighted by molar-refractivity contribution is 5.51. The van der Waals surface area contributed by atoms with E-state index in [9.17, 15) is 0 Å². The first kappa shape index (κ1) is 16.3. The van der Waals surface area contributed by atoms with Crippen LogP contribution in [0.5, 0.6) is 11.5 Å². The predicted molar refractivity (Wildman–Crippen MR) is 85.7 cm³/mol. The number of hydrogen-bond acceptors (Lipinski definition) is 5. The Morgan fingerprint density at radius 1 is 1.18 bits per heavy atom. The third kappa shape index (κ3) is 2.92. The average molecular weight is 304 g/mol. The molecule has 0 fully saturated rings. The van der Waals surface area contributed by atoms with Crippen LogP contribution in [0, 0.1) is 0 Å². The minimum Gasteiger partial charge on any atom is -0.497 e. The molecule has 0 aliphatic heterocycles. The number of nitrogens with zero attached hydrogens (tertiary/aromatic N) is 3. The van der Waals surface area contributed by atoms with Gasteiger partial charge in [0.25, 0.3) is 0 Å². The summed E-state index contributed by atoms with van der Waals surface area (Å²) in [4.78, 5) is 0. The van der Waals surface area contributed by atoms with Crippen molar-refractivity contribution < 1.29 is 9.47 Å². The molecule has 0 aliphatic rings. The van der Waals surface area contributed by atoms with Crippen LogP contribution in [0.3, 0.4) is 0 Å². The Labute approximate surface area is 131 Å². The van der Waals surface area contributed by atoms with E-state index in [0.717, 1.165) is 35.7 Å². The summed E-state index contributed by atoms with van der Waals surface area (Å²) in [7, 11) is 3.27. The van der Waals surface area contributed by atoms with Crippen LogP contribution in [0.4, 0.5) is 0 Å². The molecule has 2 N–H and O–H groups in total. The van der Waals surface area contributed by atoms with Gasteiger partial charge in [0.15, 0.2) is 0 Å². The molecule has 0 radical (unpaired) electrons. The van der Waals surface area contributed by atoms with Gasteiger partial charge in [-0.05, 0) is 25.0 Å². The summed E-state index contributed by atoms with van der Waals surface area (Å²) >= 11 is 0. The molecule has 2 rings (SSSR count). The van der Waals surface area contributed by atoms with Crippen LogP contribution >= 0.6 is 0 Å². The van der Waals surface area contributed by atoms with E-state index in [0.29, 0.717) is 18.2 Å². The minimum atomic E-state index is 0.361. The van der Waals surface area contributed by atoms with E-state index in [2.05, 4.69) is 24.2 Å². The molecule has 0 bridgehead atoms. The molecule has 0 atom stereocenters. The molecule has 1 heterocycles. The highest BCUT2D eigenvalue weighted by atomic mass is 16.5. The Balaban J connectivity index is 2.60. The molecule has 22 heavy (non-hydrogen) atoms. The van der Waals surface area contributed by atoms with E-state index < -0.39 is 0 Å². The molecule has 1 aromatic carbocycles. The highest BCUT2D eigenvalue weighted by Gasteiger charge is 2.22. The summed E-state index contributed by atoms with van der Waals surface area (Å²) in [5.41, 5.74) is 8.59. The minimum absolute atomic E-state index is 0.361. The first-order chi connectivity index (χ1) is 10.7. The fourth-order valence-corrected chi connectivity index (χ4v) is 2.69. The molecular weight excluding hydrogens is 280 g/mol. The summed E-state index contributed by atoms with van der Waals surface area (Å²) in [6.07, 6.45) is 2.02. The smallest absolute Gasteiger partial charge is 0.148 e. The van der Waals surface area contributed by atoms with Crippen molar-refractivity contribution in [2.24, 2.45) is 5.73 Å². The molecule has 6 heteroatoms. The normalized spacial score (nSPS) is 11.0. The summed E-state index contributed by atoms with van der Waals surface area (Å²) in [6.45, 7) is 4.71. The molecule has 120 valence electrons. The third-order valence-electron chi connectivity index (χ3n) is 3.96. The van der Waals surface area contributed by atoms with Crippen LogP contribution in [0.2, 0.25) is 0 Å². The summed E-state index contributed by atoms with van der Waals surface area (Å²) < 4.78 is 12.6. The SMILES string of the molecule is CCC(CC)c1c(CN)nnn1-c1ccc(OC)cc1OC. The largest absolute Gasteiger partial charge is 0.497 e. The number of hydrogen-bond donors (Lipinski definition) is 1. The van der Waals surface area contributed by atoms with Crippen molar-refractivity contribution in [1.29, 1.82) is 0 Å². The van der Waals surface area contributed by atoms with Gasteiger partial charge in [-0.15, -0.1) is 5.10 Å². The average Bonchev–Trinajstić information content (AvgIpc) is 2.99. The summed E-state index contributed by atoms with van der Waals surface area (Å²) in [6, 6.07) is 5.66. The van der Waals surface area contributed by atoms with Crippen molar-refractivity contribution in [3.05, 3.63) is 29.6 Å². The number of methoxy groups -OCH3 is 2. The maximum Gasteiger partial charge on any atom is 0.148 e. The van der Waals surface area contributed by atoms with Crippen LogP contribution in [-0.2, 0) is 6.54 Å². The van der Waals surface area contributed by atoms with E-state index in [-0.39, 0.29) is 0 Å². The Morgan fingerprint density at radius 2 is 1.91 bits per heavy atom. The van der Waals surface area contributed by atoms with Crippen molar-refractivity contribution in [2.75, 3.05) is 14.2 Å². The van der Waals surface area contributed by atoms with Gasteiger partial charge in [0, 0.05) is 18.5 Å². The van der Waals surface area contributed by atoms with Crippen molar-refractivity contribution in [1.82, 2.24) is 15.0 Å². The van der Waals surface area contributed by atoms with Crippen molar-refractivity contribution in [3.63, 3.8) is 0 Å². The first-order valence-corrected chi connectivity index (χ1v) is 7.56. The quantitative estimate of drug-likeness (QED) is 0.851. The van der Waals surface area contributed by atoms with Crippen LogP contribution in [0.25, 0.3) is 5.69 Å². The third-order valence-corrected chi connectivity index (χ3v) is 3.96. The van der Waals surface area contributed by atoms with Gasteiger partial charge < -0.3 is 15.2 Å². The van der Waals surface area contributed by atoms with Gasteiger partial charge in [0.2, 0.25) is 0 Å². The molecule has 0 saturated carbocycles. The zero-order chi connectivity index (χ0) is 16.1. The number of ether oxygens (including phenoxy) is 2. The van der Waals surface area contributed by atoms with E-state index in [1.165, 1.54) is 0 Å². The fraction of sp³-hybridized carbons (Fsp3) is 0.500. The lowest BCUT2D eigenvalue weighted by Gasteiger charge is -2.17. The van der Waals surface area contributed by atoms with Gasteiger partial charge >= 0.3 is 0 Å². The predicted octanol–water partition coefficient (Wildman–Crippen LogP) is 2.65. The molecule has 0 spiro atoms. The topological polar surface area (TPSA) is 75.2 Å². The molecule has 6 nitrogen and oxygen atoms in total. The van der Waals surface area contributed by atoms with E-state index in [1.54, 1.807) is 14.2 Å². The molecule has 0 saturated heterocycles. The zero-order valence-corrected chi connectivity index (χ0v) is 13.7. The Bertz CT molecular complexity index is 621. The molecule has 0 amide bonds. The molecule has 1 aromatic heterocycles. The van der Waals surface area contributed by atoms with Crippen LogP contribution in [0.1, 0.15) is 44.0 Å². The second-order valence-corrected chi connectivity index (χ2v) is 5.09. The van der Waals surface area contributed by atoms with Gasteiger partial charge in [0.05, 0.1) is 19.9 Å². The number of aromatic nitrogens is 3. The van der Waals surface area contributed by atoms with Gasteiger partial charge in [-0.3, -0.25) is 0 Å². The zero-order valence-electron chi connectivity index (χ0n) is 13.7. The molecular formula is C16H24N4O2. The van der Waals surface area contributed by atoms with Gasteiger partial charge in [-0.2, -0.15) is 0 Å². The molecule has 2 aromatic rings. The monoisotopic (exact) mass is 304 g/mol. The van der Waals surface area contributed by atoms with Crippen molar-refractivity contribution >= 4 is 0 Å². The van der Waals surface area contributed by atoms with Crippen LogP contribution < -0.4 is 15.2 Å². The Morgan fingerprint density at radius 3 is 2.45 bits per heavy atom. The first-order valence-electron chi connectivity index (χ1n) is 7.56. The van der Waals surface area contributed by atoms with Crippen molar-refractivity contribution in [2.45, 2.75) is 39.2 Å². The van der Waals surface area contributed by atoms with E-state index >= 15 is 0 Å². The standard InChI is InChI=1S/C16H24N4O2/c1-5-11(6-2)16-13(10-17)18-19-20(16)14-8-7-12(21-3)9-15(14)22-4/h7-9,11H,5-6,10,17H2,1-4H3. The lowest BCUT2D eigenvalue weighted by molar-refractivity contribution is 0.391. The highest BCUT2D eigenvalue weighted by Crippen LogP contribution is 2.32. The Kier molecular flexibility index (Phi) is 5.38. The maximum atomic E-state index is 5.84. The van der Waals surface area contributed by atoms with Gasteiger partial charge in [-0.1, -0.05) is 19.1 Å². The number of rotatable bonds is 7. The second kappa shape index (κ2) is 7.26. The van der Waals surface area contributed by atoms with Gasteiger partial charge in [0.1, 0.15) is 22.9 Å². The Hall–Kier alpha value is -2.08. The van der Waals surface area contributed by atoms with E-state index in [4.69, 9.17) is 15.2 Å². The number of nitrogens with two attached hydrogens (primary N) is 1. The van der Waals surface area contributed by atoms with E-state index in [1.807, 2.05) is 22.9 Å². The lowest BCUT2D eigenvalue weighted by Crippen LogP contribution is -2.11. The van der Waals surface area contributed by atoms with Crippen LogP contribution in [-0.4, -0.2) is 29.2 Å². The fourth-order valence-electron chi connectivity index (χ4n) is 2.69. The van der Waals surface area contributed by atoms with Gasteiger partial charge in [-0.25, -0.2) is 4.68 Å². The second-order valence-electron chi connectivity index (χ2n) is 5.09. The number of benzene rings is 1. The summed E-state index contributed by atoms with van der Waals surface area (Å²) in [5.74, 6) is 1.80. The maximum absolute atomic E-state index is 5.84.